The first kappa shape index (κ1) is 24.7. The molecule has 1 fully saturated rings. The van der Waals surface area contributed by atoms with E-state index in [9.17, 15) is 9.59 Å². The Hall–Kier alpha value is -3.42. The number of benzene rings is 3. The molecule has 3 aromatic carbocycles. The van der Waals surface area contributed by atoms with Crippen molar-refractivity contribution in [1.29, 1.82) is 0 Å². The van der Waals surface area contributed by atoms with Crippen molar-refractivity contribution < 1.29 is 9.59 Å². The molecule has 0 aromatic heterocycles. The van der Waals surface area contributed by atoms with Crippen LogP contribution in [0.4, 0.5) is 11.4 Å². The number of halogens is 1. The molecule has 3 aromatic rings. The highest BCUT2D eigenvalue weighted by atomic mass is 35.5. The maximum absolute atomic E-state index is 12.7. The fraction of sp³-hybridized carbons (Fsp3) is 0.222. The lowest BCUT2D eigenvalue weighted by Gasteiger charge is -2.36. The third kappa shape index (κ3) is 6.18. The average molecular weight is 507 g/mol. The van der Waals surface area contributed by atoms with Gasteiger partial charge in [-0.1, -0.05) is 48.9 Å². The largest absolute Gasteiger partial charge is 0.367 e. The van der Waals surface area contributed by atoms with Crippen molar-refractivity contribution in [3.63, 3.8) is 0 Å². The molecule has 2 amide bonds. The van der Waals surface area contributed by atoms with Crippen molar-refractivity contribution in [3.05, 3.63) is 94.5 Å². The molecule has 4 rings (SSSR count). The van der Waals surface area contributed by atoms with Crippen LogP contribution in [-0.2, 0) is 6.42 Å². The van der Waals surface area contributed by atoms with Gasteiger partial charge in [-0.2, -0.15) is 0 Å². The van der Waals surface area contributed by atoms with Crippen LogP contribution in [0.5, 0.6) is 0 Å². The monoisotopic (exact) mass is 506 g/mol. The number of nitrogens with one attached hydrogen (secondary N) is 2. The molecule has 0 saturated carbocycles. The van der Waals surface area contributed by atoms with E-state index in [-0.39, 0.29) is 16.9 Å². The Kier molecular flexibility index (Phi) is 8.00. The first-order chi connectivity index (χ1) is 16.9. The summed E-state index contributed by atoms with van der Waals surface area (Å²) in [6, 6.07) is 22.4. The van der Waals surface area contributed by atoms with Crippen LogP contribution in [0.3, 0.4) is 0 Å². The van der Waals surface area contributed by atoms with Gasteiger partial charge in [0.05, 0.1) is 10.7 Å². The lowest BCUT2D eigenvalue weighted by Crippen LogP contribution is -2.48. The van der Waals surface area contributed by atoms with Crippen molar-refractivity contribution in [1.82, 2.24) is 10.2 Å². The van der Waals surface area contributed by atoms with Crippen LogP contribution in [-0.4, -0.2) is 48.0 Å². The highest BCUT2D eigenvalue weighted by Gasteiger charge is 2.23. The van der Waals surface area contributed by atoms with E-state index in [4.69, 9.17) is 23.8 Å². The van der Waals surface area contributed by atoms with Gasteiger partial charge < -0.3 is 15.1 Å². The van der Waals surface area contributed by atoms with Crippen LogP contribution in [0.2, 0.25) is 5.02 Å². The maximum Gasteiger partial charge on any atom is 0.257 e. The van der Waals surface area contributed by atoms with Gasteiger partial charge in [0, 0.05) is 43.0 Å². The van der Waals surface area contributed by atoms with Crippen molar-refractivity contribution in [2.24, 2.45) is 0 Å². The Morgan fingerprint density at radius 2 is 1.60 bits per heavy atom. The highest BCUT2D eigenvalue weighted by molar-refractivity contribution is 7.80. The van der Waals surface area contributed by atoms with Crippen molar-refractivity contribution >= 4 is 52.1 Å². The highest BCUT2D eigenvalue weighted by Crippen LogP contribution is 2.30. The van der Waals surface area contributed by atoms with Crippen LogP contribution in [0.1, 0.15) is 33.2 Å². The third-order valence-corrected chi connectivity index (χ3v) is 6.49. The van der Waals surface area contributed by atoms with Crippen molar-refractivity contribution in [2.75, 3.05) is 36.4 Å². The van der Waals surface area contributed by atoms with Crippen molar-refractivity contribution in [3.8, 4) is 0 Å². The van der Waals surface area contributed by atoms with Crippen LogP contribution in [0.15, 0.2) is 72.8 Å². The summed E-state index contributed by atoms with van der Waals surface area (Å²) in [5.74, 6) is -0.219. The molecule has 0 bridgehead atoms. The summed E-state index contributed by atoms with van der Waals surface area (Å²) < 4.78 is 0. The molecule has 8 heteroatoms. The lowest BCUT2D eigenvalue weighted by atomic mass is 10.1. The Balaban J connectivity index is 1.31. The molecule has 1 heterocycles. The minimum Gasteiger partial charge on any atom is -0.367 e. The lowest BCUT2D eigenvalue weighted by molar-refractivity contribution is 0.0746. The van der Waals surface area contributed by atoms with Gasteiger partial charge in [-0.3, -0.25) is 14.9 Å². The van der Waals surface area contributed by atoms with E-state index < -0.39 is 0 Å². The van der Waals surface area contributed by atoms with Gasteiger partial charge in [0.1, 0.15) is 0 Å². The fourth-order valence-electron chi connectivity index (χ4n) is 3.98. The third-order valence-electron chi connectivity index (χ3n) is 5.99. The fourth-order valence-corrected chi connectivity index (χ4v) is 4.49. The summed E-state index contributed by atoms with van der Waals surface area (Å²) in [6.45, 7) is 4.70. The summed E-state index contributed by atoms with van der Waals surface area (Å²) in [5, 5.41) is 6.49. The summed E-state index contributed by atoms with van der Waals surface area (Å²) in [7, 11) is 0. The van der Waals surface area contributed by atoms with Crippen LogP contribution in [0, 0.1) is 0 Å². The van der Waals surface area contributed by atoms with E-state index in [1.54, 1.807) is 18.2 Å². The zero-order valence-electron chi connectivity index (χ0n) is 19.5. The number of amides is 2. The molecule has 2 N–H and O–H groups in total. The van der Waals surface area contributed by atoms with Crippen LogP contribution >= 0.6 is 23.8 Å². The van der Waals surface area contributed by atoms with Gasteiger partial charge in [-0.05, 0) is 66.7 Å². The summed E-state index contributed by atoms with van der Waals surface area (Å²) >= 11 is 11.9. The van der Waals surface area contributed by atoms with Gasteiger partial charge in [0.25, 0.3) is 11.8 Å². The molecule has 1 aliphatic heterocycles. The number of carbonyl (C=O) groups is 2. The molecule has 0 spiro atoms. The Labute approximate surface area is 215 Å². The van der Waals surface area contributed by atoms with Gasteiger partial charge in [-0.25, -0.2) is 0 Å². The number of hydrogen-bond acceptors (Lipinski definition) is 4. The quantitative estimate of drug-likeness (QED) is 0.477. The van der Waals surface area contributed by atoms with E-state index in [2.05, 4.69) is 22.5 Å². The Morgan fingerprint density at radius 1 is 0.914 bits per heavy atom. The molecular weight excluding hydrogens is 480 g/mol. The van der Waals surface area contributed by atoms with E-state index in [1.165, 1.54) is 5.56 Å². The molecular formula is C27H27ClN4O2S. The number of carbonyl (C=O) groups excluding carboxylic acids is 2. The first-order valence-corrected chi connectivity index (χ1v) is 12.3. The number of rotatable bonds is 5. The number of nitrogens with zero attached hydrogens (tertiary/aromatic N) is 2. The second kappa shape index (κ2) is 11.3. The predicted molar refractivity (Wildman–Crippen MR) is 146 cm³/mol. The van der Waals surface area contributed by atoms with E-state index in [0.717, 1.165) is 12.1 Å². The van der Waals surface area contributed by atoms with Gasteiger partial charge in [0.2, 0.25) is 0 Å². The average Bonchev–Trinajstić information content (AvgIpc) is 2.89. The Bertz CT molecular complexity index is 1210. The summed E-state index contributed by atoms with van der Waals surface area (Å²) in [4.78, 5) is 29.2. The molecule has 0 radical (unpaired) electrons. The van der Waals surface area contributed by atoms with Gasteiger partial charge >= 0.3 is 0 Å². The van der Waals surface area contributed by atoms with Crippen LogP contribution in [0.25, 0.3) is 0 Å². The second-order valence-corrected chi connectivity index (χ2v) is 9.09. The summed E-state index contributed by atoms with van der Waals surface area (Å²) in [6.07, 6.45) is 0.917. The van der Waals surface area contributed by atoms with Gasteiger partial charge in [-0.15, -0.1) is 0 Å². The van der Waals surface area contributed by atoms with E-state index >= 15 is 0 Å². The number of hydrogen-bond donors (Lipinski definition) is 2. The number of anilines is 2. The first-order valence-electron chi connectivity index (χ1n) is 11.5. The minimum absolute atomic E-state index is 0.0489. The van der Waals surface area contributed by atoms with Gasteiger partial charge in [0.15, 0.2) is 5.11 Å². The molecule has 0 unspecified atom stereocenters. The molecule has 35 heavy (non-hydrogen) atoms. The Morgan fingerprint density at radius 3 is 2.23 bits per heavy atom. The SMILES string of the molecule is CCc1ccc(C(=O)NC(=S)Nc2ccc(N3CCN(C(=O)c4ccccc4)CC3)c(Cl)c2)cc1. The number of piperazine rings is 1. The summed E-state index contributed by atoms with van der Waals surface area (Å²) in [5.41, 5.74) is 4.00. The van der Waals surface area contributed by atoms with E-state index in [0.29, 0.717) is 48.0 Å². The number of aryl methyl sites for hydroxylation is 1. The topological polar surface area (TPSA) is 64.7 Å². The molecule has 0 atom stereocenters. The molecule has 6 nitrogen and oxygen atoms in total. The minimum atomic E-state index is -0.268. The smallest absolute Gasteiger partial charge is 0.257 e. The van der Waals surface area contributed by atoms with Crippen LogP contribution < -0.4 is 15.5 Å². The number of thiocarbonyl (C=S) groups is 1. The predicted octanol–water partition coefficient (Wildman–Crippen LogP) is 4.99. The van der Waals surface area contributed by atoms with Crippen molar-refractivity contribution in [2.45, 2.75) is 13.3 Å². The second-order valence-electron chi connectivity index (χ2n) is 8.27. The molecule has 1 aliphatic rings. The molecule has 0 aliphatic carbocycles. The van der Waals surface area contributed by atoms with E-state index in [1.807, 2.05) is 59.5 Å². The standard InChI is InChI=1S/C27H27ClN4O2S/c1-2-19-8-10-20(11-9-19)25(33)30-27(35)29-22-12-13-24(23(28)18-22)31-14-16-32(17-15-31)26(34)21-6-4-3-5-7-21/h3-13,18H,2,14-17H2,1H3,(H2,29,30,33,35). The maximum atomic E-state index is 12.7. The zero-order valence-corrected chi connectivity index (χ0v) is 21.0. The zero-order chi connectivity index (χ0) is 24.8. The molecule has 180 valence electrons. The normalized spacial score (nSPS) is 13.3. The molecule has 1 saturated heterocycles.